The lowest BCUT2D eigenvalue weighted by Crippen LogP contribution is -2.45. The molecule has 0 aliphatic heterocycles. The van der Waals surface area contributed by atoms with Crippen LogP contribution in [-0.2, 0) is 14.3 Å². The normalized spacial score (nSPS) is 12.8. The van der Waals surface area contributed by atoms with E-state index in [-0.39, 0.29) is 18.5 Å². The van der Waals surface area contributed by atoms with Gasteiger partial charge in [-0.15, -0.1) is 0 Å². The lowest BCUT2D eigenvalue weighted by Gasteiger charge is -2.20. The number of aliphatic hydroxyl groups excluding tert-OH is 2. The second-order valence-corrected chi connectivity index (χ2v) is 24.9. The molecule has 0 saturated heterocycles. The first-order chi connectivity index (χ1) is 40.0. The Labute approximate surface area is 506 Å². The molecule has 0 spiro atoms. The Morgan fingerprint density at radius 3 is 0.988 bits per heavy atom. The molecule has 0 bridgehead atoms. The van der Waals surface area contributed by atoms with E-state index >= 15 is 0 Å². The number of aliphatic hydroxyl groups is 2. The number of ether oxygens (including phenoxy) is 1. The molecule has 0 aliphatic carbocycles. The van der Waals surface area contributed by atoms with E-state index < -0.39 is 12.1 Å². The molecule has 0 aromatic carbocycles. The SMILES string of the molecule is CCCC/C=C\C/C=C\CCCCCCCC(=O)OCCCCCCCCCCCCCC/C=C\CCCCCCCCCCCCCCCC(=O)NC(CO)C(O)/C=C/CCCCCCCCCCCCCCCCCCCCC. The number of amides is 1. The topological polar surface area (TPSA) is 95.9 Å². The van der Waals surface area contributed by atoms with Crippen LogP contribution in [0.3, 0.4) is 0 Å². The van der Waals surface area contributed by atoms with Crippen LogP contribution in [0.25, 0.3) is 0 Å². The van der Waals surface area contributed by atoms with E-state index in [1.807, 2.05) is 6.08 Å². The van der Waals surface area contributed by atoms with Gasteiger partial charge in [0.05, 0.1) is 25.4 Å². The van der Waals surface area contributed by atoms with Crippen LogP contribution < -0.4 is 5.32 Å². The zero-order chi connectivity index (χ0) is 58.5. The van der Waals surface area contributed by atoms with E-state index in [0.29, 0.717) is 19.4 Å². The summed E-state index contributed by atoms with van der Waals surface area (Å²) in [7, 11) is 0. The summed E-state index contributed by atoms with van der Waals surface area (Å²) in [6, 6.07) is -0.629. The average Bonchev–Trinajstić information content (AvgIpc) is 3.47. The third kappa shape index (κ3) is 66.8. The molecule has 6 heteroatoms. The molecule has 0 aromatic heterocycles. The Morgan fingerprint density at radius 1 is 0.346 bits per heavy atom. The smallest absolute Gasteiger partial charge is 0.305 e. The van der Waals surface area contributed by atoms with E-state index in [1.54, 1.807) is 6.08 Å². The molecule has 0 heterocycles. The number of carbonyl (C=O) groups excluding carboxylic acids is 2. The first-order valence-corrected chi connectivity index (χ1v) is 36.4. The molecule has 81 heavy (non-hydrogen) atoms. The van der Waals surface area contributed by atoms with Crippen molar-refractivity contribution < 1.29 is 24.5 Å². The maximum atomic E-state index is 12.5. The van der Waals surface area contributed by atoms with Crippen molar-refractivity contribution in [1.82, 2.24) is 5.32 Å². The quantitative estimate of drug-likeness (QED) is 0.0320. The summed E-state index contributed by atoms with van der Waals surface area (Å²) in [5.41, 5.74) is 0. The Balaban J connectivity index is 3.41. The second kappa shape index (κ2) is 70.3. The molecule has 0 rings (SSSR count). The minimum atomic E-state index is -0.846. The van der Waals surface area contributed by atoms with Crippen molar-refractivity contribution in [3.05, 3.63) is 48.6 Å². The monoisotopic (exact) mass is 1140 g/mol. The summed E-state index contributed by atoms with van der Waals surface area (Å²) < 4.78 is 5.48. The van der Waals surface area contributed by atoms with Crippen LogP contribution in [0.15, 0.2) is 48.6 Å². The minimum Gasteiger partial charge on any atom is -0.466 e. The van der Waals surface area contributed by atoms with Crippen molar-refractivity contribution in [1.29, 1.82) is 0 Å². The van der Waals surface area contributed by atoms with Gasteiger partial charge in [0.15, 0.2) is 0 Å². The van der Waals surface area contributed by atoms with Gasteiger partial charge in [0, 0.05) is 12.8 Å². The molecule has 2 unspecified atom stereocenters. The Morgan fingerprint density at radius 2 is 0.630 bits per heavy atom. The number of hydrogen-bond donors (Lipinski definition) is 3. The molecule has 3 N–H and O–H groups in total. The van der Waals surface area contributed by atoms with Gasteiger partial charge in [-0.1, -0.05) is 345 Å². The van der Waals surface area contributed by atoms with Crippen LogP contribution in [-0.4, -0.2) is 47.4 Å². The van der Waals surface area contributed by atoms with E-state index in [0.717, 1.165) is 51.4 Å². The highest BCUT2D eigenvalue weighted by atomic mass is 16.5. The largest absolute Gasteiger partial charge is 0.466 e. The van der Waals surface area contributed by atoms with Crippen molar-refractivity contribution >= 4 is 11.9 Å². The Kier molecular flexibility index (Phi) is 68.4. The van der Waals surface area contributed by atoms with Crippen LogP contribution in [0.2, 0.25) is 0 Å². The van der Waals surface area contributed by atoms with Crippen molar-refractivity contribution in [2.45, 2.75) is 405 Å². The van der Waals surface area contributed by atoms with E-state index in [1.165, 1.54) is 315 Å². The van der Waals surface area contributed by atoms with Crippen molar-refractivity contribution in [2.24, 2.45) is 0 Å². The highest BCUT2D eigenvalue weighted by molar-refractivity contribution is 5.76. The molecule has 0 fully saturated rings. The fourth-order valence-corrected chi connectivity index (χ4v) is 11.2. The predicted molar refractivity (Wildman–Crippen MR) is 356 cm³/mol. The van der Waals surface area contributed by atoms with Gasteiger partial charge in [-0.3, -0.25) is 9.59 Å². The van der Waals surface area contributed by atoms with E-state index in [2.05, 4.69) is 55.6 Å². The number of esters is 1. The number of nitrogens with one attached hydrogen (secondary N) is 1. The van der Waals surface area contributed by atoms with Gasteiger partial charge in [-0.25, -0.2) is 0 Å². The number of unbranched alkanes of at least 4 members (excludes halogenated alkanes) is 51. The Hall–Kier alpha value is -2.18. The molecular weight excluding hydrogens is 995 g/mol. The highest BCUT2D eigenvalue weighted by Gasteiger charge is 2.18. The van der Waals surface area contributed by atoms with Gasteiger partial charge < -0.3 is 20.3 Å². The van der Waals surface area contributed by atoms with Crippen LogP contribution in [0.4, 0.5) is 0 Å². The summed E-state index contributed by atoms with van der Waals surface area (Å²) >= 11 is 0. The van der Waals surface area contributed by atoms with Crippen molar-refractivity contribution in [3.63, 3.8) is 0 Å². The zero-order valence-corrected chi connectivity index (χ0v) is 54.5. The van der Waals surface area contributed by atoms with Crippen LogP contribution >= 0.6 is 0 Å². The molecular formula is C75H141NO5. The minimum absolute atomic E-state index is 0.00167. The number of hydrogen-bond acceptors (Lipinski definition) is 5. The van der Waals surface area contributed by atoms with Gasteiger partial charge >= 0.3 is 5.97 Å². The molecule has 476 valence electrons. The second-order valence-electron chi connectivity index (χ2n) is 24.9. The number of allylic oxidation sites excluding steroid dienone is 7. The molecule has 2 atom stereocenters. The molecule has 1 amide bonds. The molecule has 0 aliphatic rings. The lowest BCUT2D eigenvalue weighted by molar-refractivity contribution is -0.143. The number of rotatable bonds is 68. The third-order valence-electron chi connectivity index (χ3n) is 16.8. The van der Waals surface area contributed by atoms with E-state index in [9.17, 15) is 19.8 Å². The first-order valence-electron chi connectivity index (χ1n) is 36.4. The fourth-order valence-electron chi connectivity index (χ4n) is 11.2. The Bertz CT molecular complexity index is 1360. The third-order valence-corrected chi connectivity index (χ3v) is 16.8. The van der Waals surface area contributed by atoms with Gasteiger partial charge in [-0.05, 0) is 83.5 Å². The highest BCUT2D eigenvalue weighted by Crippen LogP contribution is 2.18. The average molecular weight is 1140 g/mol. The fraction of sp³-hybridized carbons (Fsp3) is 0.867. The molecule has 0 saturated carbocycles. The summed E-state index contributed by atoms with van der Waals surface area (Å²) in [5, 5.41) is 23.3. The van der Waals surface area contributed by atoms with Crippen LogP contribution in [0.5, 0.6) is 0 Å². The van der Waals surface area contributed by atoms with Crippen LogP contribution in [0.1, 0.15) is 393 Å². The van der Waals surface area contributed by atoms with Crippen LogP contribution in [0, 0.1) is 0 Å². The van der Waals surface area contributed by atoms with E-state index in [4.69, 9.17) is 4.74 Å². The van der Waals surface area contributed by atoms with Gasteiger partial charge in [-0.2, -0.15) is 0 Å². The van der Waals surface area contributed by atoms with Gasteiger partial charge in [0.2, 0.25) is 5.91 Å². The first kappa shape index (κ1) is 78.8. The summed E-state index contributed by atoms with van der Waals surface area (Å²) in [6.07, 6.45) is 92.0. The van der Waals surface area contributed by atoms with Crippen molar-refractivity contribution in [3.8, 4) is 0 Å². The summed E-state index contributed by atoms with van der Waals surface area (Å²) in [6.45, 7) is 4.89. The molecule has 0 aromatic rings. The maximum Gasteiger partial charge on any atom is 0.305 e. The molecule has 6 nitrogen and oxygen atoms in total. The van der Waals surface area contributed by atoms with Gasteiger partial charge in [0.1, 0.15) is 0 Å². The molecule has 0 radical (unpaired) electrons. The number of carbonyl (C=O) groups is 2. The maximum absolute atomic E-state index is 12.5. The summed E-state index contributed by atoms with van der Waals surface area (Å²) in [4.78, 5) is 24.6. The zero-order valence-electron chi connectivity index (χ0n) is 54.5. The predicted octanol–water partition coefficient (Wildman–Crippen LogP) is 23.6. The van der Waals surface area contributed by atoms with Gasteiger partial charge in [0.25, 0.3) is 0 Å². The lowest BCUT2D eigenvalue weighted by atomic mass is 10.0. The standard InChI is InChI=1S/C75H141NO5/c1-3-5-7-9-11-13-15-17-19-20-21-31-34-37-40-43-47-51-55-59-63-67-73(78)72(71-77)76-74(79)68-64-60-56-52-48-44-41-38-35-32-29-27-25-23-22-24-26-28-30-33-36-39-42-46-50-54-58-62-66-70-81-75(80)69-65-61-57-53-49-45-18-16-14-12-10-8-6-4-2/h10,12,16,18,22,24,63,67,72-73,77-78H,3-9,11,13-15,17,19-21,23,25-62,64-66,68-71H2,1-2H3,(H,76,79)/b12-10-,18-16-,24-22-,67-63+. The summed E-state index contributed by atoms with van der Waals surface area (Å²) in [5.74, 6) is -0.0621. The van der Waals surface area contributed by atoms with Crippen molar-refractivity contribution in [2.75, 3.05) is 13.2 Å².